The van der Waals surface area contributed by atoms with Gasteiger partial charge in [0.2, 0.25) is 0 Å². The molecule has 2 rings (SSSR count). The van der Waals surface area contributed by atoms with Gasteiger partial charge >= 0.3 is 0 Å². The number of nitrogens with one attached hydrogen (secondary N) is 1. The quantitative estimate of drug-likeness (QED) is 0.793. The Morgan fingerprint density at radius 1 is 1.27 bits per heavy atom. The van der Waals surface area contributed by atoms with Crippen molar-refractivity contribution in [2.24, 2.45) is 0 Å². The predicted octanol–water partition coefficient (Wildman–Crippen LogP) is 2.98. The summed E-state index contributed by atoms with van der Waals surface area (Å²) in [6.07, 6.45) is 1.66. The van der Waals surface area contributed by atoms with E-state index < -0.39 is 12.0 Å². The number of alkyl halides is 1. The van der Waals surface area contributed by atoms with Gasteiger partial charge in [0.15, 0.2) is 0 Å². The third-order valence-electron chi connectivity index (χ3n) is 2.90. The van der Waals surface area contributed by atoms with E-state index in [0.717, 1.165) is 25.8 Å². The van der Waals surface area contributed by atoms with Crippen molar-refractivity contribution in [3.05, 3.63) is 35.6 Å². The number of halogens is 2. The first-order valence-electron chi connectivity index (χ1n) is 5.41. The lowest BCUT2D eigenvalue weighted by Gasteiger charge is -2.26. The summed E-state index contributed by atoms with van der Waals surface area (Å²) < 4.78 is 27.3. The molecule has 1 nitrogen and oxygen atoms in total. The summed E-state index contributed by atoms with van der Waals surface area (Å²) in [5, 5.41) is 3.10. The maximum Gasteiger partial charge on any atom is 0.143 e. The highest BCUT2D eigenvalue weighted by Crippen LogP contribution is 2.28. The Labute approximate surface area is 88.5 Å². The Kier molecular flexibility index (Phi) is 3.31. The maximum atomic E-state index is 14.0. The van der Waals surface area contributed by atoms with Gasteiger partial charge in [0.1, 0.15) is 12.0 Å². The molecule has 1 aromatic rings. The number of hydrogen-bond acceptors (Lipinski definition) is 1. The first-order valence-corrected chi connectivity index (χ1v) is 5.41. The molecule has 0 amide bonds. The molecule has 82 valence electrons. The van der Waals surface area contributed by atoms with E-state index in [0.29, 0.717) is 0 Å². The van der Waals surface area contributed by atoms with Crippen LogP contribution >= 0.6 is 0 Å². The van der Waals surface area contributed by atoms with Crippen molar-refractivity contribution in [1.82, 2.24) is 5.32 Å². The van der Waals surface area contributed by atoms with Gasteiger partial charge in [-0.25, -0.2) is 8.78 Å². The topological polar surface area (TPSA) is 12.0 Å². The van der Waals surface area contributed by atoms with Gasteiger partial charge in [-0.3, -0.25) is 0 Å². The maximum absolute atomic E-state index is 14.0. The van der Waals surface area contributed by atoms with Gasteiger partial charge in [-0.05, 0) is 25.5 Å². The fourth-order valence-electron chi connectivity index (χ4n) is 2.04. The Balaban J connectivity index is 2.12. The fraction of sp³-hybridized carbons (Fsp3) is 0.500. The van der Waals surface area contributed by atoms with Gasteiger partial charge in [0.05, 0.1) is 0 Å². The molecular formula is C12H15F2N. The Bertz CT molecular complexity index is 321. The third kappa shape index (κ3) is 2.34. The van der Waals surface area contributed by atoms with Crippen molar-refractivity contribution in [2.45, 2.75) is 31.5 Å². The molecule has 1 aliphatic heterocycles. The largest absolute Gasteiger partial charge is 0.311 e. The average Bonchev–Trinajstić information content (AvgIpc) is 2.30. The van der Waals surface area contributed by atoms with E-state index in [9.17, 15) is 8.78 Å². The molecule has 1 aromatic carbocycles. The summed E-state index contributed by atoms with van der Waals surface area (Å²) in [6, 6.07) is 5.87. The Morgan fingerprint density at radius 2 is 2.07 bits per heavy atom. The molecule has 1 N–H and O–H groups in total. The summed E-state index contributed by atoms with van der Waals surface area (Å²) in [4.78, 5) is 0. The van der Waals surface area contributed by atoms with E-state index in [1.165, 1.54) is 12.1 Å². The lowest BCUT2D eigenvalue weighted by Crippen LogP contribution is -2.37. The van der Waals surface area contributed by atoms with E-state index in [4.69, 9.17) is 0 Å². The van der Waals surface area contributed by atoms with Crippen LogP contribution < -0.4 is 5.32 Å². The van der Waals surface area contributed by atoms with E-state index in [1.54, 1.807) is 12.1 Å². The van der Waals surface area contributed by atoms with E-state index in [2.05, 4.69) is 5.32 Å². The van der Waals surface area contributed by atoms with Crippen LogP contribution in [0.25, 0.3) is 0 Å². The zero-order valence-corrected chi connectivity index (χ0v) is 8.55. The number of rotatable bonds is 2. The van der Waals surface area contributed by atoms with Crippen LogP contribution in [0, 0.1) is 5.82 Å². The third-order valence-corrected chi connectivity index (χ3v) is 2.90. The van der Waals surface area contributed by atoms with Gasteiger partial charge < -0.3 is 5.32 Å². The number of benzene rings is 1. The highest BCUT2D eigenvalue weighted by molar-refractivity contribution is 5.21. The minimum Gasteiger partial charge on any atom is -0.311 e. The molecule has 1 fully saturated rings. The van der Waals surface area contributed by atoms with Gasteiger partial charge in [-0.2, -0.15) is 0 Å². The van der Waals surface area contributed by atoms with Crippen LogP contribution in [0.2, 0.25) is 0 Å². The van der Waals surface area contributed by atoms with Crippen LogP contribution in [-0.4, -0.2) is 12.6 Å². The molecular weight excluding hydrogens is 196 g/mol. The Morgan fingerprint density at radius 3 is 2.73 bits per heavy atom. The fourth-order valence-corrected chi connectivity index (χ4v) is 2.04. The monoisotopic (exact) mass is 211 g/mol. The van der Waals surface area contributed by atoms with Crippen LogP contribution in [0.1, 0.15) is 31.0 Å². The highest BCUT2D eigenvalue weighted by atomic mass is 19.1. The highest BCUT2D eigenvalue weighted by Gasteiger charge is 2.26. The summed E-state index contributed by atoms with van der Waals surface area (Å²) in [5.41, 5.74) is 0.178. The zero-order chi connectivity index (χ0) is 10.7. The minimum atomic E-state index is -1.23. The molecule has 3 heteroatoms. The molecule has 0 spiro atoms. The second-order valence-corrected chi connectivity index (χ2v) is 3.98. The second kappa shape index (κ2) is 4.71. The normalized spacial score (nSPS) is 23.7. The summed E-state index contributed by atoms with van der Waals surface area (Å²) in [7, 11) is 0. The summed E-state index contributed by atoms with van der Waals surface area (Å²) in [6.45, 7) is 0.833. The smallest absolute Gasteiger partial charge is 0.143 e. The summed E-state index contributed by atoms with van der Waals surface area (Å²) >= 11 is 0. The molecule has 2 unspecified atom stereocenters. The molecule has 0 aromatic heterocycles. The molecule has 1 heterocycles. The van der Waals surface area contributed by atoms with Crippen LogP contribution in [0.3, 0.4) is 0 Å². The number of hydrogen-bond donors (Lipinski definition) is 1. The van der Waals surface area contributed by atoms with Crippen molar-refractivity contribution < 1.29 is 8.78 Å². The van der Waals surface area contributed by atoms with Crippen molar-refractivity contribution in [2.75, 3.05) is 6.54 Å². The lowest BCUT2D eigenvalue weighted by molar-refractivity contribution is 0.216. The standard InChI is InChI=1S/C12H15F2N/c13-10-6-2-1-5-9(10)12(14)11-7-3-4-8-15-11/h1-2,5-6,11-12,15H,3-4,7-8H2. The van der Waals surface area contributed by atoms with Crippen LogP contribution in [-0.2, 0) is 0 Å². The van der Waals surface area contributed by atoms with E-state index in [1.807, 2.05) is 0 Å². The van der Waals surface area contributed by atoms with Crippen LogP contribution in [0.15, 0.2) is 24.3 Å². The first kappa shape index (κ1) is 10.6. The first-order chi connectivity index (χ1) is 7.29. The average molecular weight is 211 g/mol. The van der Waals surface area contributed by atoms with Crippen molar-refractivity contribution in [1.29, 1.82) is 0 Å². The lowest BCUT2D eigenvalue weighted by atomic mass is 9.96. The van der Waals surface area contributed by atoms with Gasteiger partial charge in [0.25, 0.3) is 0 Å². The van der Waals surface area contributed by atoms with E-state index in [-0.39, 0.29) is 11.6 Å². The van der Waals surface area contributed by atoms with Gasteiger partial charge in [-0.1, -0.05) is 24.6 Å². The van der Waals surface area contributed by atoms with E-state index >= 15 is 0 Å². The molecule has 15 heavy (non-hydrogen) atoms. The molecule has 0 saturated carbocycles. The van der Waals surface area contributed by atoms with Crippen molar-refractivity contribution >= 4 is 0 Å². The van der Waals surface area contributed by atoms with Gasteiger partial charge in [-0.15, -0.1) is 0 Å². The van der Waals surface area contributed by atoms with Gasteiger partial charge in [0, 0.05) is 11.6 Å². The SMILES string of the molecule is Fc1ccccc1C(F)C1CCCCN1. The van der Waals surface area contributed by atoms with Crippen LogP contribution in [0.5, 0.6) is 0 Å². The molecule has 2 atom stereocenters. The molecule has 0 aliphatic carbocycles. The summed E-state index contributed by atoms with van der Waals surface area (Å²) in [5.74, 6) is -0.447. The van der Waals surface area contributed by atoms with Crippen molar-refractivity contribution in [3.8, 4) is 0 Å². The Hall–Kier alpha value is -0.960. The molecule has 0 radical (unpaired) electrons. The second-order valence-electron chi connectivity index (χ2n) is 3.98. The predicted molar refractivity (Wildman–Crippen MR) is 55.9 cm³/mol. The zero-order valence-electron chi connectivity index (χ0n) is 8.55. The molecule has 0 bridgehead atoms. The molecule has 1 saturated heterocycles. The molecule has 1 aliphatic rings. The minimum absolute atomic E-state index is 0.178. The van der Waals surface area contributed by atoms with Crippen molar-refractivity contribution in [3.63, 3.8) is 0 Å². The van der Waals surface area contributed by atoms with Crippen LogP contribution in [0.4, 0.5) is 8.78 Å². The number of piperidine rings is 1.